The van der Waals surface area contributed by atoms with Gasteiger partial charge in [0.1, 0.15) is 13.2 Å². The number of aromatic nitrogens is 2. The van der Waals surface area contributed by atoms with Gasteiger partial charge in [0, 0.05) is 0 Å². The van der Waals surface area contributed by atoms with E-state index in [-0.39, 0.29) is 36.8 Å². The van der Waals surface area contributed by atoms with Crippen molar-refractivity contribution in [1.29, 1.82) is 0 Å². The summed E-state index contributed by atoms with van der Waals surface area (Å²) in [4.78, 5) is 0. The monoisotopic (exact) mass is 436 g/mol. The zero-order valence-electron chi connectivity index (χ0n) is 19.3. The first-order valence-electron chi connectivity index (χ1n) is 11.2. The summed E-state index contributed by atoms with van der Waals surface area (Å²) in [5, 5.41) is 27.2. The third-order valence-electron chi connectivity index (χ3n) is 5.84. The maximum absolute atomic E-state index is 13.6. The number of hydrogen-bond acceptors (Lipinski definition) is 4. The standard InChI is InChI=1S/C26H32N2O4/c1-5-19(3)23-25(31-17-21-13-9-7-10-14-21)28(30)24(20(4)6-2)26(27(23)29)32-18-22-15-11-8-12-16-22/h7-16,19-20H,5-6,17-18H2,1-4H3/t19-,20-/m0/s1. The minimum absolute atomic E-state index is 0.0561. The quantitative estimate of drug-likeness (QED) is 0.326. The zero-order chi connectivity index (χ0) is 23.1. The lowest BCUT2D eigenvalue weighted by atomic mass is 10.0. The van der Waals surface area contributed by atoms with Crippen LogP contribution < -0.4 is 18.9 Å². The van der Waals surface area contributed by atoms with Crippen LogP contribution in [0.3, 0.4) is 0 Å². The van der Waals surface area contributed by atoms with Crippen LogP contribution in [-0.4, -0.2) is 0 Å². The highest BCUT2D eigenvalue weighted by atomic mass is 16.6. The van der Waals surface area contributed by atoms with Crippen molar-refractivity contribution in [2.45, 2.75) is 65.6 Å². The molecule has 0 saturated carbocycles. The van der Waals surface area contributed by atoms with E-state index in [0.29, 0.717) is 24.2 Å². The van der Waals surface area contributed by atoms with Crippen molar-refractivity contribution >= 4 is 0 Å². The maximum atomic E-state index is 13.6. The molecule has 0 N–H and O–H groups in total. The van der Waals surface area contributed by atoms with Gasteiger partial charge in [-0.2, -0.15) is 0 Å². The molecule has 2 atom stereocenters. The molecule has 0 unspecified atom stereocenters. The van der Waals surface area contributed by atoms with Gasteiger partial charge in [-0.1, -0.05) is 88.4 Å². The van der Waals surface area contributed by atoms with E-state index in [2.05, 4.69) is 0 Å². The van der Waals surface area contributed by atoms with Crippen LogP contribution in [0.4, 0.5) is 0 Å². The molecular formula is C26H32N2O4. The highest BCUT2D eigenvalue weighted by Crippen LogP contribution is 2.31. The molecule has 0 bridgehead atoms. The number of nitrogens with zero attached hydrogens (tertiary/aromatic N) is 2. The minimum Gasteiger partial charge on any atom is -0.615 e. The molecule has 0 aliphatic heterocycles. The third kappa shape index (κ3) is 5.13. The Bertz CT molecular complexity index is 926. The Morgan fingerprint density at radius 3 is 1.31 bits per heavy atom. The normalized spacial score (nSPS) is 12.9. The van der Waals surface area contributed by atoms with Gasteiger partial charge in [-0.15, -0.1) is 9.46 Å². The van der Waals surface area contributed by atoms with Crippen LogP contribution >= 0.6 is 0 Å². The summed E-state index contributed by atoms with van der Waals surface area (Å²) in [6.45, 7) is 8.21. The van der Waals surface area contributed by atoms with Crippen LogP contribution in [0.5, 0.6) is 11.8 Å². The van der Waals surface area contributed by atoms with E-state index in [9.17, 15) is 10.4 Å². The number of hydrogen-bond donors (Lipinski definition) is 0. The predicted molar refractivity (Wildman–Crippen MR) is 123 cm³/mol. The summed E-state index contributed by atoms with van der Waals surface area (Å²) >= 11 is 0. The molecule has 1 aromatic heterocycles. The maximum Gasteiger partial charge on any atom is 0.451 e. The van der Waals surface area contributed by atoms with Crippen molar-refractivity contribution in [3.8, 4) is 11.8 Å². The first-order valence-corrected chi connectivity index (χ1v) is 11.2. The summed E-state index contributed by atoms with van der Waals surface area (Å²) in [5.74, 6) is -0.242. The number of rotatable bonds is 10. The van der Waals surface area contributed by atoms with Crippen LogP contribution in [0.25, 0.3) is 0 Å². The molecule has 0 aliphatic rings. The van der Waals surface area contributed by atoms with Crippen molar-refractivity contribution in [3.63, 3.8) is 0 Å². The fourth-order valence-corrected chi connectivity index (χ4v) is 3.53. The molecule has 0 fully saturated rings. The second-order valence-corrected chi connectivity index (χ2v) is 8.14. The molecule has 0 spiro atoms. The van der Waals surface area contributed by atoms with Crippen LogP contribution in [-0.2, 0) is 13.2 Å². The van der Waals surface area contributed by atoms with Gasteiger partial charge >= 0.3 is 23.1 Å². The van der Waals surface area contributed by atoms with Crippen LogP contribution in [0.1, 0.15) is 74.9 Å². The lowest BCUT2D eigenvalue weighted by Gasteiger charge is -2.20. The molecule has 1 heterocycles. The van der Waals surface area contributed by atoms with Gasteiger partial charge in [0.25, 0.3) is 0 Å². The molecule has 32 heavy (non-hydrogen) atoms. The van der Waals surface area contributed by atoms with Crippen molar-refractivity contribution < 1.29 is 18.9 Å². The molecule has 3 rings (SSSR count). The molecular weight excluding hydrogens is 404 g/mol. The molecule has 0 radical (unpaired) electrons. The van der Waals surface area contributed by atoms with E-state index in [1.54, 1.807) is 0 Å². The van der Waals surface area contributed by atoms with Gasteiger partial charge in [-0.05, 0) is 24.0 Å². The van der Waals surface area contributed by atoms with E-state index in [4.69, 9.17) is 9.47 Å². The van der Waals surface area contributed by atoms with Gasteiger partial charge < -0.3 is 19.9 Å². The Morgan fingerprint density at radius 2 is 1.00 bits per heavy atom. The largest absolute Gasteiger partial charge is 0.615 e. The molecule has 0 aliphatic carbocycles. The average molecular weight is 437 g/mol. The van der Waals surface area contributed by atoms with E-state index < -0.39 is 0 Å². The van der Waals surface area contributed by atoms with E-state index in [0.717, 1.165) is 20.6 Å². The molecule has 2 aromatic carbocycles. The van der Waals surface area contributed by atoms with Crippen molar-refractivity contribution in [1.82, 2.24) is 0 Å². The fourth-order valence-electron chi connectivity index (χ4n) is 3.53. The predicted octanol–water partition coefficient (Wildman–Crippen LogP) is 5.14. The van der Waals surface area contributed by atoms with Gasteiger partial charge in [0.2, 0.25) is 0 Å². The highest BCUT2D eigenvalue weighted by molar-refractivity contribution is 5.23. The van der Waals surface area contributed by atoms with Gasteiger partial charge in [0.15, 0.2) is 0 Å². The fraction of sp³-hybridized carbons (Fsp3) is 0.385. The SMILES string of the molecule is CC[C@H](C)c1c(OCc2ccccc2)[n+]([O-])c([C@@H](C)CC)c(OCc2ccccc2)[n+]1[O-]. The Labute approximate surface area is 190 Å². The highest BCUT2D eigenvalue weighted by Gasteiger charge is 2.40. The molecule has 0 saturated heterocycles. The van der Waals surface area contributed by atoms with Crippen molar-refractivity contribution in [2.75, 3.05) is 0 Å². The number of benzene rings is 2. The summed E-state index contributed by atoms with van der Waals surface area (Å²) in [7, 11) is 0. The summed E-state index contributed by atoms with van der Waals surface area (Å²) in [6.07, 6.45) is 1.37. The van der Waals surface area contributed by atoms with Gasteiger partial charge in [0.05, 0.1) is 11.8 Å². The summed E-state index contributed by atoms with van der Waals surface area (Å²) in [6, 6.07) is 19.2. The molecule has 6 nitrogen and oxygen atoms in total. The third-order valence-corrected chi connectivity index (χ3v) is 5.84. The second-order valence-electron chi connectivity index (χ2n) is 8.14. The summed E-state index contributed by atoms with van der Waals surface area (Å²) in [5.41, 5.74) is 2.45. The van der Waals surface area contributed by atoms with E-state index in [1.807, 2.05) is 88.4 Å². The average Bonchev–Trinajstić information content (AvgIpc) is 2.83. The van der Waals surface area contributed by atoms with E-state index in [1.165, 1.54) is 0 Å². The molecule has 3 aromatic rings. The Kier molecular flexibility index (Phi) is 7.92. The van der Waals surface area contributed by atoms with Crippen LogP contribution in [0, 0.1) is 10.4 Å². The zero-order valence-corrected chi connectivity index (χ0v) is 19.3. The van der Waals surface area contributed by atoms with Gasteiger partial charge in [-0.3, -0.25) is 0 Å². The molecule has 0 amide bonds. The first-order chi connectivity index (χ1) is 15.5. The Hall–Kier alpha value is -3.28. The van der Waals surface area contributed by atoms with E-state index >= 15 is 0 Å². The topological polar surface area (TPSA) is 72.3 Å². The smallest absolute Gasteiger partial charge is 0.451 e. The van der Waals surface area contributed by atoms with Crippen molar-refractivity contribution in [2.24, 2.45) is 0 Å². The van der Waals surface area contributed by atoms with Crippen LogP contribution in [0.15, 0.2) is 60.7 Å². The molecule has 6 heteroatoms. The van der Waals surface area contributed by atoms with Crippen LogP contribution in [0.2, 0.25) is 0 Å². The Balaban J connectivity index is 2.08. The minimum atomic E-state index is -0.177. The lowest BCUT2D eigenvalue weighted by Crippen LogP contribution is -2.48. The second kappa shape index (κ2) is 10.8. The lowest BCUT2D eigenvalue weighted by molar-refractivity contribution is -0.686. The first kappa shape index (κ1) is 23.4. The van der Waals surface area contributed by atoms with Crippen molar-refractivity contribution in [3.05, 3.63) is 93.6 Å². The Morgan fingerprint density at radius 1 is 0.656 bits per heavy atom. The van der Waals surface area contributed by atoms with Gasteiger partial charge in [-0.25, -0.2) is 0 Å². The molecule has 170 valence electrons. The number of ether oxygens (including phenoxy) is 2. The summed E-state index contributed by atoms with van der Waals surface area (Å²) < 4.78 is 13.5.